The number of anilines is 1. The lowest BCUT2D eigenvalue weighted by Gasteiger charge is -2.14. The van der Waals surface area contributed by atoms with Gasteiger partial charge in [0.2, 0.25) is 0 Å². The quantitative estimate of drug-likeness (QED) is 0.698. The van der Waals surface area contributed by atoms with E-state index in [4.69, 9.17) is 4.74 Å². The predicted octanol–water partition coefficient (Wildman–Crippen LogP) is 4.80. The summed E-state index contributed by atoms with van der Waals surface area (Å²) in [5.74, 6) is -0.924. The van der Waals surface area contributed by atoms with Crippen LogP contribution in [0.5, 0.6) is 5.75 Å². The second-order valence-electron chi connectivity index (χ2n) is 5.73. The Balaban J connectivity index is 1.68. The number of halogens is 2. The van der Waals surface area contributed by atoms with Gasteiger partial charge in [-0.25, -0.2) is 13.8 Å². The highest BCUT2D eigenvalue weighted by atomic mass is 32.1. The van der Waals surface area contributed by atoms with Crippen molar-refractivity contribution >= 4 is 22.4 Å². The number of carbonyl (C=O) groups excluding carboxylic acids is 1. The SMILES string of the molecule is Cc1cccc(OC(C)C(=O)Nc2nc(-c3cc(F)ccc3F)cs2)c1. The van der Waals surface area contributed by atoms with E-state index in [9.17, 15) is 13.6 Å². The van der Waals surface area contributed by atoms with Crippen LogP contribution in [0.2, 0.25) is 0 Å². The molecule has 2 aromatic carbocycles. The van der Waals surface area contributed by atoms with E-state index in [1.807, 2.05) is 25.1 Å². The lowest BCUT2D eigenvalue weighted by Crippen LogP contribution is -2.30. The Morgan fingerprint density at radius 1 is 1.23 bits per heavy atom. The monoisotopic (exact) mass is 374 g/mol. The number of hydrogen-bond donors (Lipinski definition) is 1. The topological polar surface area (TPSA) is 51.2 Å². The highest BCUT2D eigenvalue weighted by Gasteiger charge is 2.17. The fourth-order valence-electron chi connectivity index (χ4n) is 2.30. The number of aromatic nitrogens is 1. The van der Waals surface area contributed by atoms with Crippen LogP contribution in [0.4, 0.5) is 13.9 Å². The van der Waals surface area contributed by atoms with Crippen molar-refractivity contribution < 1.29 is 18.3 Å². The van der Waals surface area contributed by atoms with Gasteiger partial charge < -0.3 is 4.74 Å². The van der Waals surface area contributed by atoms with Crippen molar-refractivity contribution in [3.05, 3.63) is 65.0 Å². The van der Waals surface area contributed by atoms with Gasteiger partial charge in [0.15, 0.2) is 11.2 Å². The van der Waals surface area contributed by atoms with Crippen molar-refractivity contribution in [1.82, 2.24) is 4.98 Å². The van der Waals surface area contributed by atoms with Crippen molar-refractivity contribution in [3.8, 4) is 17.0 Å². The summed E-state index contributed by atoms with van der Waals surface area (Å²) in [6, 6.07) is 10.5. The number of rotatable bonds is 5. The number of nitrogens with one attached hydrogen (secondary N) is 1. The van der Waals surface area contributed by atoms with Crippen LogP contribution in [0.3, 0.4) is 0 Å². The van der Waals surface area contributed by atoms with Gasteiger partial charge in [0.1, 0.15) is 17.4 Å². The zero-order valence-electron chi connectivity index (χ0n) is 14.1. The molecule has 0 radical (unpaired) electrons. The largest absolute Gasteiger partial charge is 0.481 e. The minimum Gasteiger partial charge on any atom is -0.481 e. The fraction of sp³-hybridized carbons (Fsp3) is 0.158. The van der Waals surface area contributed by atoms with Gasteiger partial charge in [0, 0.05) is 10.9 Å². The Morgan fingerprint density at radius 3 is 2.81 bits per heavy atom. The van der Waals surface area contributed by atoms with E-state index in [0.717, 1.165) is 35.1 Å². The van der Waals surface area contributed by atoms with E-state index in [0.29, 0.717) is 5.75 Å². The minimum absolute atomic E-state index is 0.0470. The number of benzene rings is 2. The highest BCUT2D eigenvalue weighted by Crippen LogP contribution is 2.27. The third-order valence-corrected chi connectivity index (χ3v) is 4.37. The van der Waals surface area contributed by atoms with Gasteiger partial charge in [0.25, 0.3) is 5.91 Å². The van der Waals surface area contributed by atoms with Crippen molar-refractivity contribution in [2.75, 3.05) is 5.32 Å². The van der Waals surface area contributed by atoms with Gasteiger partial charge in [-0.1, -0.05) is 12.1 Å². The molecule has 1 aromatic heterocycles. The summed E-state index contributed by atoms with van der Waals surface area (Å²) in [5.41, 5.74) is 1.33. The van der Waals surface area contributed by atoms with Crippen molar-refractivity contribution in [3.63, 3.8) is 0 Å². The number of thiazole rings is 1. The summed E-state index contributed by atoms with van der Waals surface area (Å²) in [6.07, 6.45) is -0.741. The van der Waals surface area contributed by atoms with Crippen molar-refractivity contribution in [2.45, 2.75) is 20.0 Å². The molecule has 3 rings (SSSR count). The number of carbonyl (C=O) groups is 1. The average molecular weight is 374 g/mol. The third-order valence-electron chi connectivity index (χ3n) is 3.61. The molecule has 26 heavy (non-hydrogen) atoms. The molecule has 1 atom stereocenters. The van der Waals surface area contributed by atoms with Crippen LogP contribution >= 0.6 is 11.3 Å². The Bertz CT molecular complexity index is 943. The van der Waals surface area contributed by atoms with Gasteiger partial charge >= 0.3 is 0 Å². The van der Waals surface area contributed by atoms with Crippen molar-refractivity contribution in [1.29, 1.82) is 0 Å². The van der Waals surface area contributed by atoms with E-state index in [1.165, 1.54) is 0 Å². The molecule has 1 heterocycles. The molecule has 3 aromatic rings. The summed E-state index contributed by atoms with van der Waals surface area (Å²) in [5, 5.41) is 4.47. The summed E-state index contributed by atoms with van der Waals surface area (Å²) in [6.45, 7) is 3.55. The van der Waals surface area contributed by atoms with Gasteiger partial charge in [-0.3, -0.25) is 10.1 Å². The van der Waals surface area contributed by atoms with Gasteiger partial charge in [-0.15, -0.1) is 11.3 Å². The van der Waals surface area contributed by atoms with E-state index >= 15 is 0 Å². The van der Waals surface area contributed by atoms with Crippen LogP contribution in [0.1, 0.15) is 12.5 Å². The first-order chi connectivity index (χ1) is 12.4. The van der Waals surface area contributed by atoms with Gasteiger partial charge in [-0.2, -0.15) is 0 Å². The normalized spacial score (nSPS) is 11.8. The van der Waals surface area contributed by atoms with Crippen LogP contribution in [0.25, 0.3) is 11.3 Å². The molecule has 0 fully saturated rings. The first kappa shape index (κ1) is 18.0. The van der Waals surface area contributed by atoms with Crippen LogP contribution < -0.4 is 10.1 Å². The Kier molecular flexibility index (Phi) is 5.27. The number of aryl methyl sites for hydroxylation is 1. The zero-order valence-corrected chi connectivity index (χ0v) is 14.9. The van der Waals surface area contributed by atoms with Crippen LogP contribution in [0.15, 0.2) is 47.8 Å². The van der Waals surface area contributed by atoms with E-state index < -0.39 is 17.7 Å². The van der Waals surface area contributed by atoms with E-state index in [-0.39, 0.29) is 22.3 Å². The molecular weight excluding hydrogens is 358 g/mol. The minimum atomic E-state index is -0.741. The number of hydrogen-bond acceptors (Lipinski definition) is 4. The summed E-state index contributed by atoms with van der Waals surface area (Å²) >= 11 is 1.13. The molecule has 7 heteroatoms. The summed E-state index contributed by atoms with van der Waals surface area (Å²) in [4.78, 5) is 16.4. The van der Waals surface area contributed by atoms with E-state index in [1.54, 1.807) is 18.4 Å². The van der Waals surface area contributed by atoms with Gasteiger partial charge in [-0.05, 0) is 49.7 Å². The molecule has 0 bridgehead atoms. The predicted molar refractivity (Wildman–Crippen MR) is 97.4 cm³/mol. The molecule has 0 aliphatic heterocycles. The maximum atomic E-state index is 13.8. The Morgan fingerprint density at radius 2 is 2.04 bits per heavy atom. The number of ether oxygens (including phenoxy) is 1. The average Bonchev–Trinajstić information content (AvgIpc) is 3.05. The second kappa shape index (κ2) is 7.61. The molecule has 0 aliphatic carbocycles. The maximum absolute atomic E-state index is 13.8. The maximum Gasteiger partial charge on any atom is 0.266 e. The molecule has 0 spiro atoms. The lowest BCUT2D eigenvalue weighted by molar-refractivity contribution is -0.122. The summed E-state index contributed by atoms with van der Waals surface area (Å²) in [7, 11) is 0. The zero-order chi connectivity index (χ0) is 18.7. The Hall–Kier alpha value is -2.80. The molecular formula is C19H16F2N2O2S. The van der Waals surface area contributed by atoms with Crippen LogP contribution in [-0.4, -0.2) is 17.0 Å². The number of amides is 1. The van der Waals surface area contributed by atoms with Crippen molar-refractivity contribution in [2.24, 2.45) is 0 Å². The molecule has 0 saturated heterocycles. The fourth-order valence-corrected chi connectivity index (χ4v) is 3.02. The second-order valence-corrected chi connectivity index (χ2v) is 6.59. The van der Waals surface area contributed by atoms with E-state index in [2.05, 4.69) is 10.3 Å². The first-order valence-corrected chi connectivity index (χ1v) is 8.75. The standard InChI is InChI=1S/C19H16F2N2O2S/c1-11-4-3-5-14(8-11)25-12(2)18(24)23-19-22-17(10-26-19)15-9-13(20)6-7-16(15)21/h3-10,12H,1-2H3,(H,22,23,24). The molecule has 4 nitrogen and oxygen atoms in total. The molecule has 1 amide bonds. The first-order valence-electron chi connectivity index (χ1n) is 7.87. The molecule has 1 unspecified atom stereocenters. The van der Waals surface area contributed by atoms with Crippen LogP contribution in [0, 0.1) is 18.6 Å². The third kappa shape index (κ3) is 4.23. The highest BCUT2D eigenvalue weighted by molar-refractivity contribution is 7.14. The van der Waals surface area contributed by atoms with Gasteiger partial charge in [0.05, 0.1) is 5.69 Å². The summed E-state index contributed by atoms with van der Waals surface area (Å²) < 4.78 is 32.7. The Labute approximate surface area is 153 Å². The molecule has 134 valence electrons. The molecule has 0 saturated carbocycles. The lowest BCUT2D eigenvalue weighted by atomic mass is 10.1. The molecule has 1 N–H and O–H groups in total. The van der Waals surface area contributed by atoms with Crippen LogP contribution in [-0.2, 0) is 4.79 Å². The molecule has 0 aliphatic rings. The smallest absolute Gasteiger partial charge is 0.266 e. The number of nitrogens with zero attached hydrogens (tertiary/aromatic N) is 1.